The fourth-order valence-electron chi connectivity index (χ4n) is 7.89. The third-order valence-corrected chi connectivity index (χ3v) is 10.2. The van der Waals surface area contributed by atoms with Crippen molar-refractivity contribution in [3.05, 3.63) is 23.8 Å². The average Bonchev–Trinajstić information content (AvgIpc) is 3.42. The van der Waals surface area contributed by atoms with Gasteiger partial charge in [0.15, 0.2) is 0 Å². The average molecular weight is 452 g/mol. The molecule has 1 aliphatic carbocycles. The van der Waals surface area contributed by atoms with Crippen molar-refractivity contribution < 1.29 is 4.79 Å². The summed E-state index contributed by atoms with van der Waals surface area (Å²) in [6.07, 6.45) is 9.97. The van der Waals surface area contributed by atoms with Crippen molar-refractivity contribution in [1.82, 2.24) is 5.32 Å². The molecular weight excluding hydrogens is 406 g/mol. The Kier molecular flexibility index (Phi) is 6.26. The lowest BCUT2D eigenvalue weighted by atomic mass is 9.60. The smallest absolute Gasteiger partial charge is 0.233 e. The highest BCUT2D eigenvalue weighted by Gasteiger charge is 2.48. The molecule has 1 saturated carbocycles. The summed E-state index contributed by atoms with van der Waals surface area (Å²) < 4.78 is 0. The Bertz CT molecular complexity index is 872. The van der Waals surface area contributed by atoms with Gasteiger partial charge in [-0.15, -0.1) is 0 Å². The van der Waals surface area contributed by atoms with Gasteiger partial charge in [0, 0.05) is 31.0 Å². The number of carbonyl (C=O) groups is 1. The van der Waals surface area contributed by atoms with Crippen molar-refractivity contribution in [3.63, 3.8) is 0 Å². The first kappa shape index (κ1) is 23.2. The molecule has 33 heavy (non-hydrogen) atoms. The van der Waals surface area contributed by atoms with Crippen molar-refractivity contribution in [2.75, 3.05) is 42.5 Å². The Morgan fingerprint density at radius 2 is 1.79 bits per heavy atom. The van der Waals surface area contributed by atoms with Crippen LogP contribution in [0.2, 0.25) is 0 Å². The Morgan fingerprint density at radius 3 is 2.52 bits per heavy atom. The molecule has 0 radical (unpaired) electrons. The normalized spacial score (nSPS) is 30.4. The van der Waals surface area contributed by atoms with Gasteiger partial charge in [-0.2, -0.15) is 0 Å². The highest BCUT2D eigenvalue weighted by Crippen LogP contribution is 2.49. The quantitative estimate of drug-likeness (QED) is 0.630. The monoisotopic (exact) mass is 451 g/mol. The summed E-state index contributed by atoms with van der Waals surface area (Å²) in [5, 5.41) is 3.42. The van der Waals surface area contributed by atoms with Gasteiger partial charge >= 0.3 is 0 Å². The highest BCUT2D eigenvalue weighted by molar-refractivity contribution is 6.00. The molecule has 182 valence electrons. The van der Waals surface area contributed by atoms with Crippen LogP contribution in [0.4, 0.5) is 11.4 Å². The van der Waals surface area contributed by atoms with E-state index in [1.807, 2.05) is 0 Å². The van der Waals surface area contributed by atoms with Gasteiger partial charge in [-0.25, -0.2) is 0 Å². The zero-order valence-corrected chi connectivity index (χ0v) is 21.5. The molecule has 1 aromatic carbocycles. The third kappa shape index (κ3) is 4.11. The molecule has 3 aliphatic heterocycles. The van der Waals surface area contributed by atoms with Crippen LogP contribution in [0.1, 0.15) is 77.7 Å². The summed E-state index contributed by atoms with van der Waals surface area (Å²) in [5.41, 5.74) is 4.02. The van der Waals surface area contributed by atoms with Gasteiger partial charge in [0.05, 0.1) is 5.41 Å². The maximum atomic E-state index is 13.4. The van der Waals surface area contributed by atoms with Gasteiger partial charge in [-0.05, 0) is 99.0 Å². The van der Waals surface area contributed by atoms with Gasteiger partial charge in [-0.1, -0.05) is 40.0 Å². The number of nitrogens with zero attached hydrogens (tertiary/aromatic N) is 2. The molecule has 0 bridgehead atoms. The van der Waals surface area contributed by atoms with Crippen LogP contribution >= 0.6 is 0 Å². The van der Waals surface area contributed by atoms with E-state index < -0.39 is 0 Å². The second-order valence-electron chi connectivity index (χ2n) is 12.3. The number of piperidine rings is 1. The first-order valence-corrected chi connectivity index (χ1v) is 13.7. The number of hydrogen-bond acceptors (Lipinski definition) is 3. The molecule has 4 aliphatic rings. The molecule has 3 atom stereocenters. The van der Waals surface area contributed by atoms with E-state index in [0.29, 0.717) is 11.3 Å². The number of amides is 1. The summed E-state index contributed by atoms with van der Waals surface area (Å²) in [4.78, 5) is 18.1. The van der Waals surface area contributed by atoms with Gasteiger partial charge in [0.2, 0.25) is 5.91 Å². The SMILES string of the molecule is Cc1cc(N2CCC(C(C)(C)C3CCCC[C@H]3C)C2)ccc1N1CCC2(CCNCC2)C1=O. The van der Waals surface area contributed by atoms with Crippen LogP contribution in [-0.4, -0.2) is 38.6 Å². The van der Waals surface area contributed by atoms with E-state index in [-0.39, 0.29) is 5.41 Å². The van der Waals surface area contributed by atoms with E-state index in [0.717, 1.165) is 68.9 Å². The number of hydrogen-bond donors (Lipinski definition) is 1. The maximum absolute atomic E-state index is 13.4. The fourth-order valence-corrected chi connectivity index (χ4v) is 7.89. The molecule has 2 unspecified atom stereocenters. The highest BCUT2D eigenvalue weighted by atomic mass is 16.2. The minimum absolute atomic E-state index is 0.111. The molecule has 1 N–H and O–H groups in total. The first-order valence-electron chi connectivity index (χ1n) is 13.7. The van der Waals surface area contributed by atoms with Crippen LogP contribution in [-0.2, 0) is 4.79 Å². The predicted molar refractivity (Wildman–Crippen MR) is 138 cm³/mol. The van der Waals surface area contributed by atoms with Crippen molar-refractivity contribution in [1.29, 1.82) is 0 Å². The topological polar surface area (TPSA) is 35.6 Å². The molecule has 4 nitrogen and oxygen atoms in total. The number of carbonyl (C=O) groups excluding carboxylic acids is 1. The van der Waals surface area contributed by atoms with Crippen LogP contribution in [0.3, 0.4) is 0 Å². The Balaban J connectivity index is 1.28. The van der Waals surface area contributed by atoms with Crippen molar-refractivity contribution in [3.8, 4) is 0 Å². The number of anilines is 2. The number of benzene rings is 1. The molecule has 3 saturated heterocycles. The summed E-state index contributed by atoms with van der Waals surface area (Å²) in [7, 11) is 0. The maximum Gasteiger partial charge on any atom is 0.233 e. The van der Waals surface area contributed by atoms with Gasteiger partial charge in [0.25, 0.3) is 0 Å². The van der Waals surface area contributed by atoms with Crippen molar-refractivity contribution in [2.24, 2.45) is 28.6 Å². The molecule has 4 heteroatoms. The molecule has 0 aromatic heterocycles. The fraction of sp³-hybridized carbons (Fsp3) is 0.759. The molecule has 5 rings (SSSR count). The molecule has 1 amide bonds. The first-order chi connectivity index (χ1) is 15.8. The Morgan fingerprint density at radius 1 is 1.03 bits per heavy atom. The van der Waals surface area contributed by atoms with E-state index in [4.69, 9.17) is 0 Å². The lowest BCUT2D eigenvalue weighted by Crippen LogP contribution is -2.42. The van der Waals surface area contributed by atoms with Gasteiger partial charge < -0.3 is 15.1 Å². The standard InChI is InChI=1S/C29H45N3O/c1-21-7-5-6-8-25(21)28(3,4)23-11-17-31(20-23)24-9-10-26(22(2)19-24)32-18-14-29(27(32)33)12-15-30-16-13-29/h9-10,19,21,23,25,30H,5-8,11-18,20H2,1-4H3/t21-,23?,25?/m1/s1. The van der Waals surface area contributed by atoms with Crippen LogP contribution in [0.15, 0.2) is 18.2 Å². The number of aryl methyl sites for hydroxylation is 1. The van der Waals surface area contributed by atoms with E-state index in [9.17, 15) is 4.79 Å². The van der Waals surface area contributed by atoms with E-state index >= 15 is 0 Å². The summed E-state index contributed by atoms with van der Waals surface area (Å²) in [6, 6.07) is 6.85. The van der Waals surface area contributed by atoms with Crippen LogP contribution in [0.25, 0.3) is 0 Å². The zero-order valence-electron chi connectivity index (χ0n) is 21.5. The van der Waals surface area contributed by atoms with E-state index in [1.54, 1.807) is 0 Å². The largest absolute Gasteiger partial charge is 0.371 e. The molecular formula is C29H45N3O. The summed E-state index contributed by atoms with van der Waals surface area (Å²) in [5.74, 6) is 2.86. The van der Waals surface area contributed by atoms with Crippen molar-refractivity contribution >= 4 is 17.3 Å². The second-order valence-corrected chi connectivity index (χ2v) is 12.3. The zero-order chi connectivity index (χ0) is 23.2. The summed E-state index contributed by atoms with van der Waals surface area (Å²) in [6.45, 7) is 15.0. The molecule has 1 spiro atoms. The van der Waals surface area contributed by atoms with E-state index in [2.05, 4.69) is 61.0 Å². The van der Waals surface area contributed by atoms with E-state index in [1.165, 1.54) is 49.9 Å². The van der Waals surface area contributed by atoms with Crippen molar-refractivity contribution in [2.45, 2.75) is 79.1 Å². The number of nitrogens with one attached hydrogen (secondary N) is 1. The molecule has 3 heterocycles. The Labute approximate surface area is 201 Å². The lowest BCUT2D eigenvalue weighted by Gasteiger charge is -2.45. The third-order valence-electron chi connectivity index (χ3n) is 10.2. The minimum atomic E-state index is -0.111. The van der Waals surface area contributed by atoms with Gasteiger partial charge in [0.1, 0.15) is 0 Å². The minimum Gasteiger partial charge on any atom is -0.371 e. The predicted octanol–water partition coefficient (Wildman–Crippen LogP) is 5.78. The second kappa shape index (κ2) is 8.91. The Hall–Kier alpha value is -1.55. The lowest BCUT2D eigenvalue weighted by molar-refractivity contribution is -0.126. The molecule has 4 fully saturated rings. The van der Waals surface area contributed by atoms with Crippen LogP contribution < -0.4 is 15.1 Å². The summed E-state index contributed by atoms with van der Waals surface area (Å²) >= 11 is 0. The van der Waals surface area contributed by atoms with Crippen LogP contribution in [0, 0.1) is 35.5 Å². The van der Waals surface area contributed by atoms with Crippen LogP contribution in [0.5, 0.6) is 0 Å². The van der Waals surface area contributed by atoms with Gasteiger partial charge in [-0.3, -0.25) is 4.79 Å². The molecule has 1 aromatic rings. The number of rotatable bonds is 4.